The first-order valence-corrected chi connectivity index (χ1v) is 9.07. The summed E-state index contributed by atoms with van der Waals surface area (Å²) in [6, 6.07) is 4.65. The van der Waals surface area contributed by atoms with Gasteiger partial charge in [-0.25, -0.2) is 8.42 Å². The van der Waals surface area contributed by atoms with Gasteiger partial charge in [-0.1, -0.05) is 13.0 Å². The number of methoxy groups -OCH3 is 1. The zero-order valence-corrected chi connectivity index (χ0v) is 13.5. The Labute approximate surface area is 129 Å². The van der Waals surface area contributed by atoms with Gasteiger partial charge in [0.25, 0.3) is 15.0 Å². The average Bonchev–Trinajstić information content (AvgIpc) is 2.40. The standard InChI is InChI=1S/C14H18ClNO4S/c1-3-9-4-5-10(6-13(9)21(15,18)19)14(17)16-11-7-12(8-11)20-2/h4-6,11-12H,3,7-8H2,1-2H3,(H,16,17). The number of amides is 1. The number of nitrogens with one attached hydrogen (secondary N) is 1. The Kier molecular flexibility index (Phi) is 4.91. The van der Waals surface area contributed by atoms with E-state index in [1.165, 1.54) is 6.07 Å². The molecule has 1 N–H and O–H groups in total. The number of aryl methyl sites for hydroxylation is 1. The van der Waals surface area contributed by atoms with Gasteiger partial charge in [0, 0.05) is 29.4 Å². The number of hydrogen-bond acceptors (Lipinski definition) is 4. The van der Waals surface area contributed by atoms with Crippen LogP contribution in [0.1, 0.15) is 35.7 Å². The summed E-state index contributed by atoms with van der Waals surface area (Å²) in [5.74, 6) is -0.293. The zero-order valence-electron chi connectivity index (χ0n) is 11.9. The minimum atomic E-state index is -3.86. The molecule has 0 atom stereocenters. The molecule has 2 rings (SSSR count). The smallest absolute Gasteiger partial charge is 0.261 e. The molecule has 1 fully saturated rings. The van der Waals surface area contributed by atoms with Gasteiger partial charge in [-0.2, -0.15) is 0 Å². The Morgan fingerprint density at radius 1 is 1.43 bits per heavy atom. The lowest BCUT2D eigenvalue weighted by Crippen LogP contribution is -2.47. The molecule has 1 saturated carbocycles. The molecule has 1 aliphatic rings. The van der Waals surface area contributed by atoms with Crippen LogP contribution in [-0.4, -0.2) is 33.6 Å². The third kappa shape index (κ3) is 3.75. The van der Waals surface area contributed by atoms with E-state index in [1.54, 1.807) is 19.2 Å². The Hall–Kier alpha value is -1.11. The number of ether oxygens (including phenoxy) is 1. The average molecular weight is 332 g/mol. The molecule has 1 aliphatic carbocycles. The number of benzene rings is 1. The summed E-state index contributed by atoms with van der Waals surface area (Å²) in [5, 5.41) is 2.86. The van der Waals surface area contributed by atoms with Crippen LogP contribution < -0.4 is 5.32 Å². The minimum absolute atomic E-state index is 0.00249. The summed E-state index contributed by atoms with van der Waals surface area (Å²) in [6.07, 6.45) is 2.27. The molecule has 116 valence electrons. The van der Waals surface area contributed by atoms with Gasteiger partial charge in [0.2, 0.25) is 0 Å². The van der Waals surface area contributed by atoms with Crippen LogP contribution in [0.5, 0.6) is 0 Å². The normalized spacial score (nSPS) is 21.7. The fourth-order valence-electron chi connectivity index (χ4n) is 2.36. The van der Waals surface area contributed by atoms with Crippen LogP contribution in [0.15, 0.2) is 23.1 Å². The maximum atomic E-state index is 12.1. The van der Waals surface area contributed by atoms with Crippen LogP contribution in [0.3, 0.4) is 0 Å². The van der Waals surface area contributed by atoms with Crippen LogP contribution in [0, 0.1) is 0 Å². The molecule has 0 radical (unpaired) electrons. The summed E-state index contributed by atoms with van der Waals surface area (Å²) in [7, 11) is 3.21. The second-order valence-electron chi connectivity index (χ2n) is 5.11. The largest absolute Gasteiger partial charge is 0.381 e. The monoisotopic (exact) mass is 331 g/mol. The van der Waals surface area contributed by atoms with Crippen molar-refractivity contribution in [2.75, 3.05) is 7.11 Å². The number of carbonyl (C=O) groups excluding carboxylic acids is 1. The van der Waals surface area contributed by atoms with Crippen molar-refractivity contribution < 1.29 is 17.9 Å². The van der Waals surface area contributed by atoms with E-state index in [0.29, 0.717) is 17.5 Å². The fraction of sp³-hybridized carbons (Fsp3) is 0.500. The van der Waals surface area contributed by atoms with Gasteiger partial charge in [0.05, 0.1) is 11.0 Å². The topological polar surface area (TPSA) is 72.5 Å². The molecule has 1 aromatic rings. The Morgan fingerprint density at radius 3 is 2.62 bits per heavy atom. The van der Waals surface area contributed by atoms with E-state index in [2.05, 4.69) is 5.32 Å². The maximum Gasteiger partial charge on any atom is 0.261 e. The van der Waals surface area contributed by atoms with Crippen molar-refractivity contribution >= 4 is 25.6 Å². The second-order valence-corrected chi connectivity index (χ2v) is 7.65. The minimum Gasteiger partial charge on any atom is -0.381 e. The lowest BCUT2D eigenvalue weighted by molar-refractivity contribution is 0.0176. The Bertz CT molecular complexity index is 638. The van der Waals surface area contributed by atoms with E-state index in [-0.39, 0.29) is 22.9 Å². The Balaban J connectivity index is 2.15. The molecule has 21 heavy (non-hydrogen) atoms. The molecule has 1 amide bonds. The molecule has 5 nitrogen and oxygen atoms in total. The van der Waals surface area contributed by atoms with Crippen molar-refractivity contribution in [2.45, 2.75) is 43.2 Å². The van der Waals surface area contributed by atoms with Gasteiger partial charge >= 0.3 is 0 Å². The lowest BCUT2D eigenvalue weighted by atomic mass is 9.89. The highest BCUT2D eigenvalue weighted by atomic mass is 35.7. The van der Waals surface area contributed by atoms with Crippen LogP contribution >= 0.6 is 10.7 Å². The molecule has 0 unspecified atom stereocenters. The van der Waals surface area contributed by atoms with Crippen LogP contribution in [0.25, 0.3) is 0 Å². The first kappa shape index (κ1) is 16.3. The van der Waals surface area contributed by atoms with Gasteiger partial charge < -0.3 is 10.1 Å². The van der Waals surface area contributed by atoms with Crippen molar-refractivity contribution in [2.24, 2.45) is 0 Å². The predicted octanol–water partition coefficient (Wildman–Crippen LogP) is 2.08. The number of rotatable bonds is 5. The fourth-order valence-corrected chi connectivity index (χ4v) is 3.58. The van der Waals surface area contributed by atoms with Crippen molar-refractivity contribution in [1.29, 1.82) is 0 Å². The van der Waals surface area contributed by atoms with Crippen LogP contribution in [0.2, 0.25) is 0 Å². The third-order valence-electron chi connectivity index (χ3n) is 3.74. The first-order valence-electron chi connectivity index (χ1n) is 6.76. The van der Waals surface area contributed by atoms with E-state index in [0.717, 1.165) is 12.8 Å². The van der Waals surface area contributed by atoms with Gasteiger partial charge in [0.15, 0.2) is 0 Å². The van der Waals surface area contributed by atoms with Crippen LogP contribution in [0.4, 0.5) is 0 Å². The molecular weight excluding hydrogens is 314 g/mol. The molecule has 0 aliphatic heterocycles. The number of halogens is 1. The van der Waals surface area contributed by atoms with E-state index in [9.17, 15) is 13.2 Å². The van der Waals surface area contributed by atoms with E-state index in [4.69, 9.17) is 15.4 Å². The number of carbonyl (C=O) groups is 1. The molecule has 1 aromatic carbocycles. The maximum absolute atomic E-state index is 12.1. The Morgan fingerprint density at radius 2 is 2.10 bits per heavy atom. The summed E-state index contributed by atoms with van der Waals surface area (Å²) in [5.41, 5.74) is 0.900. The van der Waals surface area contributed by atoms with Crippen molar-refractivity contribution in [3.8, 4) is 0 Å². The summed E-state index contributed by atoms with van der Waals surface area (Å²) >= 11 is 0. The number of hydrogen-bond donors (Lipinski definition) is 1. The van der Waals surface area contributed by atoms with E-state index in [1.807, 2.05) is 6.92 Å². The second kappa shape index (κ2) is 6.34. The summed E-state index contributed by atoms with van der Waals surface area (Å²) < 4.78 is 28.3. The molecule has 0 bridgehead atoms. The van der Waals surface area contributed by atoms with Gasteiger partial charge in [-0.15, -0.1) is 0 Å². The quantitative estimate of drug-likeness (QED) is 0.838. The predicted molar refractivity (Wildman–Crippen MR) is 80.1 cm³/mol. The summed E-state index contributed by atoms with van der Waals surface area (Å²) in [4.78, 5) is 12.1. The van der Waals surface area contributed by atoms with E-state index < -0.39 is 9.05 Å². The molecule has 0 spiro atoms. The SMILES string of the molecule is CCc1ccc(C(=O)NC2CC(OC)C2)cc1S(=O)(=O)Cl. The molecule has 7 heteroatoms. The van der Waals surface area contributed by atoms with Crippen molar-refractivity contribution in [3.63, 3.8) is 0 Å². The van der Waals surface area contributed by atoms with Gasteiger partial charge in [0.1, 0.15) is 0 Å². The third-order valence-corrected chi connectivity index (χ3v) is 5.14. The molecular formula is C14H18ClNO4S. The summed E-state index contributed by atoms with van der Waals surface area (Å²) in [6.45, 7) is 1.83. The highest BCUT2D eigenvalue weighted by Gasteiger charge is 2.30. The lowest BCUT2D eigenvalue weighted by Gasteiger charge is -2.34. The highest BCUT2D eigenvalue weighted by Crippen LogP contribution is 2.25. The zero-order chi connectivity index (χ0) is 15.6. The molecule has 0 aromatic heterocycles. The van der Waals surface area contributed by atoms with Crippen molar-refractivity contribution in [3.05, 3.63) is 29.3 Å². The van der Waals surface area contributed by atoms with E-state index >= 15 is 0 Å². The molecule has 0 saturated heterocycles. The highest BCUT2D eigenvalue weighted by molar-refractivity contribution is 8.13. The van der Waals surface area contributed by atoms with Crippen LogP contribution in [-0.2, 0) is 20.2 Å². The van der Waals surface area contributed by atoms with Gasteiger partial charge in [-0.3, -0.25) is 4.79 Å². The van der Waals surface area contributed by atoms with Gasteiger partial charge in [-0.05, 0) is 37.0 Å². The first-order chi connectivity index (χ1) is 9.85. The van der Waals surface area contributed by atoms with Crippen molar-refractivity contribution in [1.82, 2.24) is 5.32 Å². The molecule has 0 heterocycles.